The molecule has 1 saturated heterocycles. The molecule has 0 radical (unpaired) electrons. The molecule has 7 nitrogen and oxygen atoms in total. The van der Waals surface area contributed by atoms with Crippen LogP contribution >= 0.6 is 22.9 Å². The van der Waals surface area contributed by atoms with Crippen LogP contribution in [0.4, 0.5) is 5.82 Å². The van der Waals surface area contributed by atoms with Crippen LogP contribution in [-0.2, 0) is 22.6 Å². The summed E-state index contributed by atoms with van der Waals surface area (Å²) in [6.07, 6.45) is 2.53. The van der Waals surface area contributed by atoms with Gasteiger partial charge >= 0.3 is 0 Å². The number of carbonyl (C=O) groups excluding carboxylic acids is 1. The van der Waals surface area contributed by atoms with E-state index in [1.165, 1.54) is 21.3 Å². The normalized spacial score (nSPS) is 19.7. The number of nitrogens with zero attached hydrogens (tertiary/aromatic N) is 4. The van der Waals surface area contributed by atoms with Crippen molar-refractivity contribution < 1.29 is 9.53 Å². The number of ether oxygens (including phenoxy) is 1. The van der Waals surface area contributed by atoms with Gasteiger partial charge in [0.2, 0.25) is 0 Å². The molecule has 4 aromatic rings. The van der Waals surface area contributed by atoms with E-state index in [0.29, 0.717) is 25.5 Å². The summed E-state index contributed by atoms with van der Waals surface area (Å²) in [5.41, 5.74) is 7.85. The summed E-state index contributed by atoms with van der Waals surface area (Å²) in [4.78, 5) is 26.4. The molecule has 1 aliphatic heterocycles. The highest BCUT2D eigenvalue weighted by atomic mass is 35.5. The van der Waals surface area contributed by atoms with E-state index in [4.69, 9.17) is 22.1 Å². The number of thiophene rings is 1. The number of hydrogen-bond donors (Lipinski definition) is 1. The summed E-state index contributed by atoms with van der Waals surface area (Å²) in [5, 5.41) is 2.78. The lowest BCUT2D eigenvalue weighted by Gasteiger charge is -2.44. The summed E-state index contributed by atoms with van der Waals surface area (Å²) in [5.74, 6) is 0.469. The van der Waals surface area contributed by atoms with Crippen molar-refractivity contribution in [2.75, 3.05) is 32.5 Å². The van der Waals surface area contributed by atoms with E-state index < -0.39 is 0 Å². The summed E-state index contributed by atoms with van der Waals surface area (Å²) >= 11 is 7.91. The number of nitrogens with two attached hydrogens (primary N) is 1. The third-order valence-electron chi connectivity index (χ3n) is 6.33. The largest absolute Gasteiger partial charge is 0.383 e. The van der Waals surface area contributed by atoms with Crippen molar-refractivity contribution in [1.29, 1.82) is 0 Å². The first-order valence-corrected chi connectivity index (χ1v) is 12.3. The highest BCUT2D eigenvalue weighted by Crippen LogP contribution is 2.30. The molecule has 1 unspecified atom stereocenters. The van der Waals surface area contributed by atoms with E-state index in [-0.39, 0.29) is 12.1 Å². The minimum Gasteiger partial charge on any atom is -0.383 e. The molecular weight excluding hydrogens is 470 g/mol. The Kier molecular flexibility index (Phi) is 6.76. The van der Waals surface area contributed by atoms with Crippen LogP contribution in [-0.4, -0.2) is 64.9 Å². The summed E-state index contributed by atoms with van der Waals surface area (Å²) in [6.45, 7) is 3.46. The van der Waals surface area contributed by atoms with Crippen LogP contribution in [0.3, 0.4) is 0 Å². The van der Waals surface area contributed by atoms with Gasteiger partial charge < -0.3 is 15.3 Å². The van der Waals surface area contributed by atoms with Gasteiger partial charge in [-0.2, -0.15) is 0 Å². The zero-order valence-corrected chi connectivity index (χ0v) is 20.4. The maximum Gasteiger partial charge on any atom is 0.138 e. The minimum absolute atomic E-state index is 0.0870. The molecule has 176 valence electrons. The van der Waals surface area contributed by atoms with Gasteiger partial charge in [0.05, 0.1) is 18.2 Å². The number of aldehydes is 1. The number of rotatable bonds is 7. The standard InChI is InChI=1S/C25H26ClN5O2S/c1-33-14-20-11-30(12-21-7-17-3-4-18(26)8-24(17)34-21)10-19(13-32)31(20)9-16-2-5-22-23(6-16)28-15-29-25(22)27/h2-8,13,15,19-20H,9-12,14H2,1H3,(H2,27,28,29)/t19?,20-/m1/s1. The monoisotopic (exact) mass is 495 g/mol. The number of methoxy groups -OCH3 is 1. The summed E-state index contributed by atoms with van der Waals surface area (Å²) in [6, 6.07) is 14.1. The van der Waals surface area contributed by atoms with E-state index >= 15 is 0 Å². The van der Waals surface area contributed by atoms with E-state index in [1.54, 1.807) is 18.4 Å². The highest BCUT2D eigenvalue weighted by molar-refractivity contribution is 7.19. The van der Waals surface area contributed by atoms with E-state index in [2.05, 4.69) is 31.9 Å². The first kappa shape index (κ1) is 23.1. The Hall–Kier alpha value is -2.62. The topological polar surface area (TPSA) is 84.6 Å². The molecule has 3 heterocycles. The number of hydrogen-bond acceptors (Lipinski definition) is 8. The molecule has 2 aromatic heterocycles. The van der Waals surface area contributed by atoms with E-state index in [0.717, 1.165) is 40.9 Å². The second-order valence-corrected chi connectivity index (χ2v) is 10.3. The number of fused-ring (bicyclic) bond motifs is 2. The van der Waals surface area contributed by atoms with Crippen LogP contribution in [0.2, 0.25) is 5.02 Å². The first-order chi connectivity index (χ1) is 16.5. The smallest absolute Gasteiger partial charge is 0.138 e. The third-order valence-corrected chi connectivity index (χ3v) is 7.65. The second kappa shape index (κ2) is 9.93. The van der Waals surface area contributed by atoms with Crippen molar-refractivity contribution in [3.8, 4) is 0 Å². The fraction of sp³-hybridized carbons (Fsp3) is 0.320. The Bertz CT molecular complexity index is 1330. The summed E-state index contributed by atoms with van der Waals surface area (Å²) < 4.78 is 6.74. The molecule has 0 aliphatic carbocycles. The predicted molar refractivity (Wildman–Crippen MR) is 137 cm³/mol. The Morgan fingerprint density at radius 2 is 2.06 bits per heavy atom. The van der Waals surface area contributed by atoms with Crippen LogP contribution in [0, 0.1) is 0 Å². The van der Waals surface area contributed by atoms with E-state index in [1.807, 2.05) is 30.3 Å². The van der Waals surface area contributed by atoms with Crippen LogP contribution in [0.1, 0.15) is 10.4 Å². The average molecular weight is 496 g/mol. The van der Waals surface area contributed by atoms with Crippen molar-refractivity contribution in [2.24, 2.45) is 0 Å². The minimum atomic E-state index is -0.233. The Balaban J connectivity index is 1.35. The van der Waals surface area contributed by atoms with Gasteiger partial charge in [-0.25, -0.2) is 9.97 Å². The fourth-order valence-electron chi connectivity index (χ4n) is 4.75. The van der Waals surface area contributed by atoms with Gasteiger partial charge in [-0.15, -0.1) is 11.3 Å². The van der Waals surface area contributed by atoms with E-state index in [9.17, 15) is 4.79 Å². The average Bonchev–Trinajstić information content (AvgIpc) is 3.22. The Labute approximate surface area is 207 Å². The van der Waals surface area contributed by atoms with Gasteiger partial charge in [-0.3, -0.25) is 9.80 Å². The van der Waals surface area contributed by atoms with Gasteiger partial charge in [0.1, 0.15) is 18.4 Å². The highest BCUT2D eigenvalue weighted by Gasteiger charge is 2.34. The van der Waals surface area contributed by atoms with Gasteiger partial charge in [-0.05, 0) is 41.3 Å². The zero-order valence-electron chi connectivity index (χ0n) is 18.9. The van der Waals surface area contributed by atoms with Crippen LogP contribution in [0.5, 0.6) is 0 Å². The van der Waals surface area contributed by atoms with Crippen LogP contribution in [0.25, 0.3) is 21.0 Å². The lowest BCUT2D eigenvalue weighted by molar-refractivity contribution is -0.118. The Morgan fingerprint density at radius 1 is 1.18 bits per heavy atom. The number of piperazine rings is 1. The molecule has 1 aliphatic rings. The number of halogens is 1. The quantitative estimate of drug-likeness (QED) is 0.388. The van der Waals surface area contributed by atoms with Crippen molar-refractivity contribution in [3.63, 3.8) is 0 Å². The summed E-state index contributed by atoms with van der Waals surface area (Å²) in [7, 11) is 1.71. The number of aromatic nitrogens is 2. The van der Waals surface area contributed by atoms with Crippen LogP contribution < -0.4 is 5.73 Å². The molecule has 34 heavy (non-hydrogen) atoms. The molecular formula is C25H26ClN5O2S. The molecule has 0 spiro atoms. The number of anilines is 1. The molecule has 2 aromatic carbocycles. The molecule has 2 N–H and O–H groups in total. The lowest BCUT2D eigenvalue weighted by atomic mass is 10.0. The SMILES string of the molecule is COC[C@H]1CN(Cc2cc3ccc(Cl)cc3s2)CC(C=O)N1Cc1ccc2c(N)ncnc2c1. The first-order valence-electron chi connectivity index (χ1n) is 11.1. The van der Waals surface area contributed by atoms with Gasteiger partial charge in [-0.1, -0.05) is 23.7 Å². The molecule has 1 fully saturated rings. The molecule has 0 saturated carbocycles. The fourth-order valence-corrected chi connectivity index (χ4v) is 6.13. The van der Waals surface area contributed by atoms with Crippen molar-refractivity contribution >= 4 is 56.0 Å². The third kappa shape index (κ3) is 4.78. The van der Waals surface area contributed by atoms with Gasteiger partial charge in [0, 0.05) is 59.3 Å². The maximum absolute atomic E-state index is 12.2. The lowest BCUT2D eigenvalue weighted by Crippen LogP contribution is -2.59. The van der Waals surface area contributed by atoms with Crippen molar-refractivity contribution in [1.82, 2.24) is 19.8 Å². The Morgan fingerprint density at radius 3 is 2.88 bits per heavy atom. The number of nitrogen functional groups attached to an aromatic ring is 1. The molecule has 0 bridgehead atoms. The number of carbonyl (C=O) groups is 1. The van der Waals surface area contributed by atoms with Gasteiger partial charge in [0.15, 0.2) is 0 Å². The zero-order chi connectivity index (χ0) is 23.7. The molecule has 0 amide bonds. The van der Waals surface area contributed by atoms with Crippen molar-refractivity contribution in [2.45, 2.75) is 25.2 Å². The van der Waals surface area contributed by atoms with Gasteiger partial charge in [0.25, 0.3) is 0 Å². The predicted octanol–water partition coefficient (Wildman–Crippen LogP) is 3.98. The number of benzene rings is 2. The second-order valence-electron chi connectivity index (χ2n) is 8.68. The molecule has 2 atom stereocenters. The molecule has 9 heteroatoms. The van der Waals surface area contributed by atoms with Crippen LogP contribution in [0.15, 0.2) is 48.8 Å². The maximum atomic E-state index is 12.2. The molecule has 5 rings (SSSR count). The van der Waals surface area contributed by atoms with Crippen molar-refractivity contribution in [3.05, 3.63) is 64.3 Å².